The summed E-state index contributed by atoms with van der Waals surface area (Å²) in [4.78, 5) is 23.8. The Kier molecular flexibility index (Phi) is 4.78. The minimum absolute atomic E-state index is 0.0304. The van der Waals surface area contributed by atoms with Crippen molar-refractivity contribution in [2.75, 3.05) is 13.2 Å². The fraction of sp³-hybridized carbons (Fsp3) is 0.818. The predicted octanol–water partition coefficient (Wildman–Crippen LogP) is 4.05. The summed E-state index contributed by atoms with van der Waals surface area (Å²) in [6, 6.07) is 0. The van der Waals surface area contributed by atoms with Gasteiger partial charge in [0.05, 0.1) is 13.2 Å². The van der Waals surface area contributed by atoms with Crippen molar-refractivity contribution in [3.63, 3.8) is 0 Å². The van der Waals surface area contributed by atoms with Crippen LogP contribution in [-0.4, -0.2) is 36.9 Å². The minimum Gasteiger partial charge on any atom is -0.465 e. The third kappa shape index (κ3) is 2.84. The van der Waals surface area contributed by atoms with Crippen molar-refractivity contribution in [2.24, 2.45) is 22.2 Å². The van der Waals surface area contributed by atoms with Gasteiger partial charge >= 0.3 is 11.9 Å². The van der Waals surface area contributed by atoms with Crippen LogP contribution in [0.5, 0.6) is 0 Å². The maximum absolute atomic E-state index is 12.4. The number of hydrogen-bond donors (Lipinski definition) is 0. The lowest BCUT2D eigenvalue weighted by Crippen LogP contribution is -2.61. The van der Waals surface area contributed by atoms with Crippen molar-refractivity contribution in [1.82, 2.24) is 0 Å². The molecule has 0 bridgehead atoms. The number of carbonyl (C=O) groups is 2. The quantitative estimate of drug-likeness (QED) is 0.419. The van der Waals surface area contributed by atoms with Gasteiger partial charge in [-0.05, 0) is 38.5 Å². The molecule has 0 radical (unpaired) electrons. The molecule has 1 spiro atoms. The molecule has 0 N–H and O–H groups in total. The number of fused-ring (bicyclic) bond motifs is 2. The van der Waals surface area contributed by atoms with Gasteiger partial charge in [0, 0.05) is 29.7 Å². The summed E-state index contributed by atoms with van der Waals surface area (Å²) >= 11 is 0. The van der Waals surface area contributed by atoms with E-state index >= 15 is 0 Å². The highest BCUT2D eigenvalue weighted by Gasteiger charge is 2.81. The third-order valence-corrected chi connectivity index (χ3v) is 8.02. The number of rotatable bonds is 4. The molecular formula is C22H34O5. The van der Waals surface area contributed by atoms with E-state index in [0.29, 0.717) is 13.2 Å². The molecule has 1 heterocycles. The molecule has 2 saturated carbocycles. The van der Waals surface area contributed by atoms with Crippen LogP contribution in [0.25, 0.3) is 0 Å². The summed E-state index contributed by atoms with van der Waals surface area (Å²) in [5.41, 5.74) is 0.253. The van der Waals surface area contributed by atoms with E-state index in [2.05, 4.69) is 27.7 Å². The Morgan fingerprint density at radius 2 is 1.78 bits per heavy atom. The molecule has 3 rings (SSSR count). The minimum atomic E-state index is -0.303. The molecule has 152 valence electrons. The third-order valence-electron chi connectivity index (χ3n) is 8.02. The molecule has 0 aromatic rings. The molecule has 2 aliphatic carbocycles. The first kappa shape index (κ1) is 20.4. The van der Waals surface area contributed by atoms with E-state index in [1.54, 1.807) is 6.08 Å². The van der Waals surface area contributed by atoms with Crippen LogP contribution in [0.3, 0.4) is 0 Å². The second-order valence-electron chi connectivity index (χ2n) is 9.99. The second kappa shape index (κ2) is 6.33. The van der Waals surface area contributed by atoms with Crippen molar-refractivity contribution < 1.29 is 23.8 Å². The van der Waals surface area contributed by atoms with Crippen molar-refractivity contribution in [3.8, 4) is 0 Å². The maximum atomic E-state index is 12.4. The van der Waals surface area contributed by atoms with Gasteiger partial charge in [-0.15, -0.1) is 0 Å². The molecule has 3 fully saturated rings. The Morgan fingerprint density at radius 1 is 1.15 bits per heavy atom. The van der Waals surface area contributed by atoms with Gasteiger partial charge in [-0.2, -0.15) is 0 Å². The predicted molar refractivity (Wildman–Crippen MR) is 102 cm³/mol. The van der Waals surface area contributed by atoms with Crippen LogP contribution >= 0.6 is 0 Å². The first-order chi connectivity index (χ1) is 12.4. The lowest BCUT2D eigenvalue weighted by molar-refractivity contribution is -0.190. The normalized spacial score (nSPS) is 41.6. The Bertz CT molecular complexity index is 670. The number of ether oxygens (including phenoxy) is 3. The Labute approximate surface area is 162 Å². The standard InChI is InChI=1S/C22H34O5/c1-14(2)10-18(24)27-17-8-9-19(4,5)21(7)20(17,6)11-16(12-25-15(3)23)22(21)13-26-22/h10,16-17H,8-9,11-13H2,1-7H3. The molecule has 5 nitrogen and oxygen atoms in total. The van der Waals surface area contributed by atoms with Crippen molar-refractivity contribution in [1.29, 1.82) is 0 Å². The summed E-state index contributed by atoms with van der Waals surface area (Å²) in [6.45, 7) is 15.4. The maximum Gasteiger partial charge on any atom is 0.330 e. The van der Waals surface area contributed by atoms with Gasteiger partial charge in [0.25, 0.3) is 0 Å². The monoisotopic (exact) mass is 378 g/mol. The van der Waals surface area contributed by atoms with E-state index in [-0.39, 0.29) is 45.8 Å². The molecule has 0 aromatic carbocycles. The molecule has 3 aliphatic rings. The zero-order chi connectivity index (χ0) is 20.3. The van der Waals surface area contributed by atoms with Gasteiger partial charge in [-0.3, -0.25) is 4.79 Å². The van der Waals surface area contributed by atoms with Crippen LogP contribution in [0.1, 0.15) is 67.7 Å². The smallest absolute Gasteiger partial charge is 0.330 e. The number of allylic oxidation sites excluding steroid dienone is 1. The van der Waals surface area contributed by atoms with Crippen LogP contribution in [-0.2, 0) is 23.8 Å². The molecule has 0 amide bonds. The summed E-state index contributed by atoms with van der Waals surface area (Å²) in [5.74, 6) is -0.405. The fourth-order valence-electron chi connectivity index (χ4n) is 6.24. The van der Waals surface area contributed by atoms with Gasteiger partial charge in [-0.25, -0.2) is 4.79 Å². The lowest BCUT2D eigenvalue weighted by Gasteiger charge is -2.60. The van der Waals surface area contributed by atoms with E-state index in [9.17, 15) is 9.59 Å². The molecular weight excluding hydrogens is 344 g/mol. The SMILES string of the molecule is CC(=O)OCC1CC2(C)C(OC(=O)C=C(C)C)CCC(C)(C)C2(C)C12CO2. The van der Waals surface area contributed by atoms with Gasteiger partial charge in [0.1, 0.15) is 11.7 Å². The van der Waals surface area contributed by atoms with Crippen LogP contribution in [0.15, 0.2) is 11.6 Å². The lowest BCUT2D eigenvalue weighted by atomic mass is 9.45. The summed E-state index contributed by atoms with van der Waals surface area (Å²) in [7, 11) is 0. The average Bonchev–Trinajstić information content (AvgIpc) is 3.30. The van der Waals surface area contributed by atoms with E-state index in [1.165, 1.54) is 6.92 Å². The highest BCUT2D eigenvalue weighted by atomic mass is 16.6. The Hall–Kier alpha value is -1.36. The Morgan fingerprint density at radius 3 is 2.30 bits per heavy atom. The zero-order valence-corrected chi connectivity index (χ0v) is 17.8. The van der Waals surface area contributed by atoms with Gasteiger partial charge in [-0.1, -0.05) is 33.3 Å². The van der Waals surface area contributed by atoms with Crippen molar-refractivity contribution >= 4 is 11.9 Å². The second-order valence-corrected chi connectivity index (χ2v) is 9.99. The summed E-state index contributed by atoms with van der Waals surface area (Å²) in [5, 5.41) is 0. The molecule has 5 atom stereocenters. The van der Waals surface area contributed by atoms with Crippen molar-refractivity contribution in [2.45, 2.75) is 79.4 Å². The first-order valence-corrected chi connectivity index (χ1v) is 10.0. The van der Waals surface area contributed by atoms with Crippen LogP contribution in [0, 0.1) is 22.2 Å². The van der Waals surface area contributed by atoms with Gasteiger partial charge < -0.3 is 14.2 Å². The van der Waals surface area contributed by atoms with E-state index in [1.807, 2.05) is 13.8 Å². The molecule has 0 aromatic heterocycles. The van der Waals surface area contributed by atoms with Crippen LogP contribution in [0.4, 0.5) is 0 Å². The van der Waals surface area contributed by atoms with E-state index < -0.39 is 0 Å². The molecule has 5 unspecified atom stereocenters. The summed E-state index contributed by atoms with van der Waals surface area (Å²) < 4.78 is 17.5. The number of hydrogen-bond acceptors (Lipinski definition) is 5. The number of epoxide rings is 1. The number of carbonyl (C=O) groups excluding carboxylic acids is 2. The molecule has 27 heavy (non-hydrogen) atoms. The van der Waals surface area contributed by atoms with E-state index in [0.717, 1.165) is 24.8 Å². The largest absolute Gasteiger partial charge is 0.465 e. The highest BCUT2D eigenvalue weighted by Crippen LogP contribution is 2.77. The zero-order valence-electron chi connectivity index (χ0n) is 17.8. The molecule has 1 aliphatic heterocycles. The van der Waals surface area contributed by atoms with Gasteiger partial charge in [0.2, 0.25) is 0 Å². The van der Waals surface area contributed by atoms with Crippen LogP contribution in [0.2, 0.25) is 0 Å². The fourth-order valence-corrected chi connectivity index (χ4v) is 6.24. The summed E-state index contributed by atoms with van der Waals surface area (Å²) in [6.07, 6.45) is 4.04. The molecule has 5 heteroatoms. The van der Waals surface area contributed by atoms with E-state index in [4.69, 9.17) is 14.2 Å². The topological polar surface area (TPSA) is 65.1 Å². The Balaban J connectivity index is 1.96. The highest BCUT2D eigenvalue weighted by molar-refractivity contribution is 5.82. The van der Waals surface area contributed by atoms with Gasteiger partial charge in [0.15, 0.2) is 0 Å². The average molecular weight is 379 g/mol. The first-order valence-electron chi connectivity index (χ1n) is 10.0. The number of esters is 2. The molecule has 1 saturated heterocycles. The van der Waals surface area contributed by atoms with Crippen molar-refractivity contribution in [3.05, 3.63) is 11.6 Å². The van der Waals surface area contributed by atoms with Crippen LogP contribution < -0.4 is 0 Å².